The van der Waals surface area contributed by atoms with Crippen LogP contribution < -0.4 is 5.73 Å². The Morgan fingerprint density at radius 1 is 1.29 bits per heavy atom. The highest BCUT2D eigenvalue weighted by Gasteiger charge is 2.07. The van der Waals surface area contributed by atoms with Crippen molar-refractivity contribution in [3.05, 3.63) is 47.5 Å². The maximum Gasteiger partial charge on any atom is 0.159 e. The Labute approximate surface area is 99.5 Å². The van der Waals surface area contributed by atoms with Crippen LogP contribution in [0.2, 0.25) is 0 Å². The van der Waals surface area contributed by atoms with Crippen LogP contribution in [0.4, 0.5) is 4.39 Å². The summed E-state index contributed by atoms with van der Waals surface area (Å²) in [7, 11) is 0. The van der Waals surface area contributed by atoms with Crippen molar-refractivity contribution in [2.75, 3.05) is 6.54 Å². The molecule has 1 aromatic heterocycles. The number of rotatable bonds is 3. The van der Waals surface area contributed by atoms with E-state index in [-0.39, 0.29) is 5.82 Å². The number of nitrogens with two attached hydrogens (primary N) is 1. The van der Waals surface area contributed by atoms with Crippen LogP contribution in [0.25, 0.3) is 11.4 Å². The maximum atomic E-state index is 13.2. The molecule has 0 spiro atoms. The van der Waals surface area contributed by atoms with Crippen molar-refractivity contribution in [1.82, 2.24) is 9.97 Å². The Morgan fingerprint density at radius 2 is 2.12 bits per heavy atom. The molecule has 2 rings (SSSR count). The van der Waals surface area contributed by atoms with Crippen LogP contribution in [0.15, 0.2) is 30.5 Å². The first-order chi connectivity index (χ1) is 8.20. The predicted molar refractivity (Wildman–Crippen MR) is 64.9 cm³/mol. The third-order valence-electron chi connectivity index (χ3n) is 2.55. The molecule has 1 aromatic carbocycles. The number of nitrogens with zero attached hydrogens (tertiary/aromatic N) is 2. The second-order valence-electron chi connectivity index (χ2n) is 3.87. The molecule has 0 unspecified atom stereocenters. The first kappa shape index (κ1) is 11.7. The van der Waals surface area contributed by atoms with Gasteiger partial charge >= 0.3 is 0 Å². The molecule has 0 radical (unpaired) electrons. The van der Waals surface area contributed by atoms with Gasteiger partial charge in [-0.25, -0.2) is 14.4 Å². The molecule has 0 aliphatic heterocycles. The third-order valence-corrected chi connectivity index (χ3v) is 2.55. The molecule has 0 amide bonds. The van der Waals surface area contributed by atoms with Crippen LogP contribution in [0, 0.1) is 12.7 Å². The highest BCUT2D eigenvalue weighted by Crippen LogP contribution is 2.20. The van der Waals surface area contributed by atoms with Crippen LogP contribution in [-0.2, 0) is 6.42 Å². The molecule has 3 nitrogen and oxygen atoms in total. The van der Waals surface area contributed by atoms with Gasteiger partial charge in [-0.3, -0.25) is 0 Å². The van der Waals surface area contributed by atoms with Crippen LogP contribution in [-0.4, -0.2) is 16.5 Å². The average Bonchev–Trinajstić information content (AvgIpc) is 2.33. The Kier molecular flexibility index (Phi) is 3.44. The lowest BCUT2D eigenvalue weighted by molar-refractivity contribution is 0.627. The minimum atomic E-state index is -0.279. The van der Waals surface area contributed by atoms with Gasteiger partial charge in [0.15, 0.2) is 5.82 Å². The van der Waals surface area contributed by atoms with E-state index in [0.29, 0.717) is 18.8 Å². The topological polar surface area (TPSA) is 51.8 Å². The lowest BCUT2D eigenvalue weighted by Crippen LogP contribution is -2.05. The standard InChI is InChI=1S/C13H14FN3/c1-9-2-3-10(14)8-12(9)13-16-7-5-11(17-13)4-6-15/h2-3,5,7-8H,4,6,15H2,1H3. The largest absolute Gasteiger partial charge is 0.330 e. The van der Waals surface area contributed by atoms with Gasteiger partial charge in [0, 0.05) is 23.9 Å². The van der Waals surface area contributed by atoms with Gasteiger partial charge in [-0.05, 0) is 37.2 Å². The SMILES string of the molecule is Cc1ccc(F)cc1-c1nccc(CCN)n1. The number of halogens is 1. The van der Waals surface area contributed by atoms with Gasteiger partial charge in [-0.2, -0.15) is 0 Å². The highest BCUT2D eigenvalue weighted by atomic mass is 19.1. The Balaban J connectivity index is 2.45. The van der Waals surface area contributed by atoms with E-state index in [1.807, 2.05) is 13.0 Å². The monoisotopic (exact) mass is 231 g/mol. The van der Waals surface area contributed by atoms with E-state index >= 15 is 0 Å². The van der Waals surface area contributed by atoms with E-state index in [4.69, 9.17) is 5.73 Å². The second-order valence-corrected chi connectivity index (χ2v) is 3.87. The van der Waals surface area contributed by atoms with E-state index in [9.17, 15) is 4.39 Å². The van der Waals surface area contributed by atoms with Gasteiger partial charge in [0.1, 0.15) is 5.82 Å². The van der Waals surface area contributed by atoms with E-state index in [1.54, 1.807) is 12.3 Å². The average molecular weight is 231 g/mol. The molecular formula is C13H14FN3. The van der Waals surface area contributed by atoms with Crippen molar-refractivity contribution in [3.63, 3.8) is 0 Å². The molecule has 0 saturated heterocycles. The molecule has 4 heteroatoms. The maximum absolute atomic E-state index is 13.2. The number of hydrogen-bond acceptors (Lipinski definition) is 3. The first-order valence-corrected chi connectivity index (χ1v) is 5.49. The van der Waals surface area contributed by atoms with Gasteiger partial charge in [0.05, 0.1) is 0 Å². The molecule has 2 N–H and O–H groups in total. The molecule has 0 aliphatic carbocycles. The summed E-state index contributed by atoms with van der Waals surface area (Å²) in [5.74, 6) is 0.270. The molecule has 0 fully saturated rings. The number of aryl methyl sites for hydroxylation is 1. The number of aromatic nitrogens is 2. The minimum absolute atomic E-state index is 0.279. The fourth-order valence-electron chi connectivity index (χ4n) is 1.65. The van der Waals surface area contributed by atoms with Gasteiger partial charge in [-0.15, -0.1) is 0 Å². The lowest BCUT2D eigenvalue weighted by atomic mass is 10.1. The fraction of sp³-hybridized carbons (Fsp3) is 0.231. The molecule has 1 heterocycles. The Morgan fingerprint density at radius 3 is 2.88 bits per heavy atom. The van der Waals surface area contributed by atoms with Gasteiger partial charge in [-0.1, -0.05) is 6.07 Å². The van der Waals surface area contributed by atoms with Crippen molar-refractivity contribution in [3.8, 4) is 11.4 Å². The molecular weight excluding hydrogens is 217 g/mol. The van der Waals surface area contributed by atoms with Crippen LogP contribution in [0.1, 0.15) is 11.3 Å². The highest BCUT2D eigenvalue weighted by molar-refractivity contribution is 5.59. The molecule has 17 heavy (non-hydrogen) atoms. The van der Waals surface area contributed by atoms with Crippen LogP contribution in [0.5, 0.6) is 0 Å². The summed E-state index contributed by atoms with van der Waals surface area (Å²) in [6.07, 6.45) is 2.38. The van der Waals surface area contributed by atoms with E-state index in [1.165, 1.54) is 12.1 Å². The molecule has 0 aliphatic rings. The molecule has 2 aromatic rings. The number of benzene rings is 1. The summed E-state index contributed by atoms with van der Waals surface area (Å²) < 4.78 is 13.2. The van der Waals surface area contributed by atoms with Crippen molar-refractivity contribution in [2.24, 2.45) is 5.73 Å². The summed E-state index contributed by atoms with van der Waals surface area (Å²) in [5.41, 5.74) is 8.04. The van der Waals surface area contributed by atoms with Crippen molar-refractivity contribution < 1.29 is 4.39 Å². The molecule has 0 atom stereocenters. The number of hydrogen-bond donors (Lipinski definition) is 1. The molecule has 88 valence electrons. The van der Waals surface area contributed by atoms with Gasteiger partial charge in [0.2, 0.25) is 0 Å². The predicted octanol–water partition coefficient (Wildman–Crippen LogP) is 2.09. The van der Waals surface area contributed by atoms with Crippen molar-refractivity contribution in [2.45, 2.75) is 13.3 Å². The molecule has 0 saturated carbocycles. The van der Waals surface area contributed by atoms with Crippen LogP contribution in [0.3, 0.4) is 0 Å². The van der Waals surface area contributed by atoms with Crippen LogP contribution >= 0.6 is 0 Å². The first-order valence-electron chi connectivity index (χ1n) is 5.49. The minimum Gasteiger partial charge on any atom is -0.330 e. The smallest absolute Gasteiger partial charge is 0.159 e. The third kappa shape index (κ3) is 2.65. The van der Waals surface area contributed by atoms with Crippen molar-refractivity contribution >= 4 is 0 Å². The van der Waals surface area contributed by atoms with E-state index in [0.717, 1.165) is 16.8 Å². The summed E-state index contributed by atoms with van der Waals surface area (Å²) in [6, 6.07) is 6.44. The lowest BCUT2D eigenvalue weighted by Gasteiger charge is -2.06. The Bertz CT molecular complexity index is 526. The van der Waals surface area contributed by atoms with Crippen molar-refractivity contribution in [1.29, 1.82) is 0 Å². The second kappa shape index (κ2) is 5.01. The summed E-state index contributed by atoms with van der Waals surface area (Å²) in [4.78, 5) is 8.55. The summed E-state index contributed by atoms with van der Waals surface area (Å²) in [5, 5.41) is 0. The van der Waals surface area contributed by atoms with E-state index in [2.05, 4.69) is 9.97 Å². The Hall–Kier alpha value is -1.81. The normalized spacial score (nSPS) is 10.5. The van der Waals surface area contributed by atoms with E-state index < -0.39 is 0 Å². The summed E-state index contributed by atoms with van der Waals surface area (Å²) >= 11 is 0. The quantitative estimate of drug-likeness (QED) is 0.880. The summed E-state index contributed by atoms with van der Waals surface area (Å²) in [6.45, 7) is 2.45. The van der Waals surface area contributed by atoms with Gasteiger partial charge < -0.3 is 5.73 Å². The molecule has 0 bridgehead atoms. The zero-order chi connectivity index (χ0) is 12.3. The zero-order valence-corrected chi connectivity index (χ0v) is 9.65. The van der Waals surface area contributed by atoms with Gasteiger partial charge in [0.25, 0.3) is 0 Å². The zero-order valence-electron chi connectivity index (χ0n) is 9.65. The fourth-order valence-corrected chi connectivity index (χ4v) is 1.65.